The second-order valence-electron chi connectivity index (χ2n) is 7.59. The first-order valence-electron chi connectivity index (χ1n) is 10.3. The number of aliphatic carboxylic acids is 1. The Kier molecular flexibility index (Phi) is 7.94. The fourth-order valence-corrected chi connectivity index (χ4v) is 4.28. The summed E-state index contributed by atoms with van der Waals surface area (Å²) in [6.45, 7) is -0.0124. The Morgan fingerprint density at radius 3 is 2.47 bits per heavy atom. The molecule has 0 spiro atoms. The van der Waals surface area contributed by atoms with Crippen molar-refractivity contribution in [2.24, 2.45) is 0 Å². The molecule has 3 N–H and O–H groups in total. The second-order valence-corrected chi connectivity index (χ2v) is 8.40. The number of hydrogen-bond acceptors (Lipinski definition) is 6. The van der Waals surface area contributed by atoms with Gasteiger partial charge in [0.1, 0.15) is 12.3 Å². The van der Waals surface area contributed by atoms with Crippen LogP contribution in [-0.2, 0) is 19.2 Å². The van der Waals surface area contributed by atoms with Gasteiger partial charge in [-0.3, -0.25) is 24.6 Å². The lowest BCUT2D eigenvalue weighted by Gasteiger charge is -2.42. The van der Waals surface area contributed by atoms with Crippen LogP contribution in [-0.4, -0.2) is 81.3 Å². The number of halogens is 2. The molecule has 2 aliphatic heterocycles. The Morgan fingerprint density at radius 2 is 1.85 bits per heavy atom. The van der Waals surface area contributed by atoms with Crippen molar-refractivity contribution < 1.29 is 33.9 Å². The topological polar surface area (TPSA) is 156 Å². The molecule has 182 valence electrons. The molecular formula is C20H21Cl2N5O7. The number of aldehydes is 1. The van der Waals surface area contributed by atoms with Crippen LogP contribution < -0.4 is 10.7 Å². The number of carbonyl (C=O) groups excluding carboxylic acids is 5. The maximum atomic E-state index is 13.3. The monoisotopic (exact) mass is 513 g/mol. The Balaban J connectivity index is 1.84. The third kappa shape index (κ3) is 5.39. The lowest BCUT2D eigenvalue weighted by Crippen LogP contribution is -2.64. The Bertz CT molecular complexity index is 1020. The predicted octanol–water partition coefficient (Wildman–Crippen LogP) is 0.830. The average molecular weight is 514 g/mol. The van der Waals surface area contributed by atoms with E-state index in [4.69, 9.17) is 28.3 Å². The van der Waals surface area contributed by atoms with Gasteiger partial charge < -0.3 is 15.2 Å². The zero-order valence-electron chi connectivity index (χ0n) is 17.7. The predicted molar refractivity (Wildman–Crippen MR) is 117 cm³/mol. The van der Waals surface area contributed by atoms with Gasteiger partial charge in [-0.15, -0.1) is 0 Å². The standard InChI is InChI=1S/C20H21Cl2N5O7/c21-12-3-1-4-13(22)17(12)19(33)24-25-8-6-15(29)26-7-2-5-14(27(26)20(25)34)18(32)23-11(10-28)9-16(30)31/h1,3-4,10-11,14H,2,5-9H2,(H,23,32)(H,24,33)(H,30,31)/t11-,14-/m0/s1. The summed E-state index contributed by atoms with van der Waals surface area (Å²) in [6.07, 6.45) is 0.0440. The highest BCUT2D eigenvalue weighted by atomic mass is 35.5. The van der Waals surface area contributed by atoms with Crippen LogP contribution in [0.15, 0.2) is 18.2 Å². The van der Waals surface area contributed by atoms with Gasteiger partial charge in [-0.2, -0.15) is 0 Å². The first-order chi connectivity index (χ1) is 16.1. The zero-order chi connectivity index (χ0) is 25.0. The largest absolute Gasteiger partial charge is 0.481 e. The summed E-state index contributed by atoms with van der Waals surface area (Å²) < 4.78 is 0. The number of carbonyl (C=O) groups is 6. The van der Waals surface area contributed by atoms with E-state index in [1.807, 2.05) is 0 Å². The molecule has 2 fully saturated rings. The lowest BCUT2D eigenvalue weighted by molar-refractivity contribution is -0.155. The molecule has 1 aromatic carbocycles. The van der Waals surface area contributed by atoms with Crippen LogP contribution in [0.5, 0.6) is 0 Å². The Labute approximate surface area is 203 Å². The molecule has 14 heteroatoms. The smallest absolute Gasteiger partial charge is 0.358 e. The van der Waals surface area contributed by atoms with Crippen molar-refractivity contribution in [2.45, 2.75) is 37.8 Å². The highest BCUT2D eigenvalue weighted by Crippen LogP contribution is 2.26. The maximum absolute atomic E-state index is 13.3. The van der Waals surface area contributed by atoms with Crippen molar-refractivity contribution in [2.75, 3.05) is 13.1 Å². The summed E-state index contributed by atoms with van der Waals surface area (Å²) in [5.74, 6) is -3.33. The maximum Gasteiger partial charge on any atom is 0.358 e. The molecule has 2 atom stereocenters. The second kappa shape index (κ2) is 10.7. The number of urea groups is 1. The van der Waals surface area contributed by atoms with Crippen LogP contribution in [0.3, 0.4) is 0 Å². The zero-order valence-corrected chi connectivity index (χ0v) is 19.2. The molecule has 5 amide bonds. The van der Waals surface area contributed by atoms with Crippen molar-refractivity contribution >= 4 is 59.2 Å². The van der Waals surface area contributed by atoms with Crippen molar-refractivity contribution in [1.82, 2.24) is 25.8 Å². The molecule has 0 aromatic heterocycles. The molecular weight excluding hydrogens is 493 g/mol. The van der Waals surface area contributed by atoms with Crippen molar-refractivity contribution in [3.05, 3.63) is 33.8 Å². The van der Waals surface area contributed by atoms with E-state index < -0.39 is 48.2 Å². The fraction of sp³-hybridized carbons (Fsp3) is 0.400. The summed E-state index contributed by atoms with van der Waals surface area (Å²) in [5.41, 5.74) is 2.32. The molecule has 2 heterocycles. The molecule has 12 nitrogen and oxygen atoms in total. The number of carboxylic acid groups (broad SMARTS) is 1. The molecule has 34 heavy (non-hydrogen) atoms. The third-order valence-electron chi connectivity index (χ3n) is 5.28. The molecule has 0 bridgehead atoms. The molecule has 0 unspecified atom stereocenters. The van der Waals surface area contributed by atoms with E-state index in [-0.39, 0.29) is 47.8 Å². The van der Waals surface area contributed by atoms with Crippen LogP contribution in [0.4, 0.5) is 4.79 Å². The van der Waals surface area contributed by atoms with Crippen LogP contribution in [0.1, 0.15) is 36.0 Å². The number of rotatable bonds is 7. The van der Waals surface area contributed by atoms with Crippen LogP contribution in [0.25, 0.3) is 0 Å². The SMILES string of the molecule is O=C[C@H](CC(=O)O)NC(=O)[C@@H]1CCCN2C(=O)CCN(NC(=O)c3c(Cl)cccc3Cl)C(=O)N12. The van der Waals surface area contributed by atoms with Gasteiger partial charge in [-0.25, -0.2) is 19.8 Å². The van der Waals surface area contributed by atoms with E-state index in [1.165, 1.54) is 12.1 Å². The molecule has 1 aromatic rings. The van der Waals surface area contributed by atoms with Gasteiger partial charge in [0, 0.05) is 13.0 Å². The summed E-state index contributed by atoms with van der Waals surface area (Å²) in [5, 5.41) is 14.2. The van der Waals surface area contributed by atoms with Gasteiger partial charge in [0.2, 0.25) is 11.8 Å². The number of nitrogens with zero attached hydrogens (tertiary/aromatic N) is 3. The summed E-state index contributed by atoms with van der Waals surface area (Å²) in [6, 6.07) is 1.07. The number of benzene rings is 1. The first kappa shape index (κ1) is 25.2. The Hall–Kier alpha value is -3.38. The van der Waals surface area contributed by atoms with E-state index in [0.717, 1.165) is 15.0 Å². The van der Waals surface area contributed by atoms with Gasteiger partial charge in [-0.05, 0) is 25.0 Å². The minimum absolute atomic E-state index is 0.0542. The van der Waals surface area contributed by atoms with Gasteiger partial charge >= 0.3 is 12.0 Å². The van der Waals surface area contributed by atoms with Crippen molar-refractivity contribution in [3.8, 4) is 0 Å². The third-order valence-corrected chi connectivity index (χ3v) is 5.91. The van der Waals surface area contributed by atoms with Crippen LogP contribution >= 0.6 is 23.2 Å². The van der Waals surface area contributed by atoms with Gasteiger partial charge in [-0.1, -0.05) is 29.3 Å². The molecule has 3 rings (SSSR count). The van der Waals surface area contributed by atoms with E-state index in [0.29, 0.717) is 6.42 Å². The van der Waals surface area contributed by atoms with Gasteiger partial charge in [0.15, 0.2) is 0 Å². The highest BCUT2D eigenvalue weighted by molar-refractivity contribution is 6.39. The summed E-state index contributed by atoms with van der Waals surface area (Å²) >= 11 is 12.1. The van der Waals surface area contributed by atoms with E-state index in [2.05, 4.69) is 10.7 Å². The number of hydrogen-bond donors (Lipinski definition) is 3. The first-order valence-corrected chi connectivity index (χ1v) is 11.0. The average Bonchev–Trinajstić information content (AvgIpc) is 2.90. The van der Waals surface area contributed by atoms with Gasteiger partial charge in [0.05, 0.1) is 34.6 Å². The quantitative estimate of drug-likeness (QED) is 0.455. The molecule has 0 saturated carbocycles. The summed E-state index contributed by atoms with van der Waals surface area (Å²) in [7, 11) is 0. The van der Waals surface area contributed by atoms with Crippen LogP contribution in [0, 0.1) is 0 Å². The van der Waals surface area contributed by atoms with Crippen molar-refractivity contribution in [1.29, 1.82) is 0 Å². The van der Waals surface area contributed by atoms with E-state index in [1.54, 1.807) is 6.07 Å². The highest BCUT2D eigenvalue weighted by Gasteiger charge is 2.44. The number of fused-ring (bicyclic) bond motifs is 1. The van der Waals surface area contributed by atoms with Crippen molar-refractivity contribution in [3.63, 3.8) is 0 Å². The van der Waals surface area contributed by atoms with E-state index in [9.17, 15) is 28.8 Å². The van der Waals surface area contributed by atoms with E-state index >= 15 is 0 Å². The van der Waals surface area contributed by atoms with Crippen LogP contribution in [0.2, 0.25) is 10.0 Å². The normalized spacial score (nSPS) is 19.1. The molecule has 0 aliphatic carbocycles. The Morgan fingerprint density at radius 1 is 1.18 bits per heavy atom. The number of carboxylic acids is 1. The minimum Gasteiger partial charge on any atom is -0.481 e. The number of nitrogens with one attached hydrogen (secondary N) is 2. The summed E-state index contributed by atoms with van der Waals surface area (Å²) in [4.78, 5) is 73.8. The number of hydrazine groups is 2. The number of amides is 5. The molecule has 2 aliphatic rings. The molecule has 0 radical (unpaired) electrons. The lowest BCUT2D eigenvalue weighted by atomic mass is 10.1. The minimum atomic E-state index is -1.31. The van der Waals surface area contributed by atoms with Gasteiger partial charge in [0.25, 0.3) is 5.91 Å². The fourth-order valence-electron chi connectivity index (χ4n) is 3.71. The molecule has 2 saturated heterocycles.